The average molecular weight is 505 g/mol. The molecule has 36 heavy (non-hydrogen) atoms. The van der Waals surface area contributed by atoms with Gasteiger partial charge in [0.1, 0.15) is 6.04 Å². The maximum atomic E-state index is 13.7. The molecule has 0 aliphatic carbocycles. The van der Waals surface area contributed by atoms with Crippen molar-refractivity contribution in [3.05, 3.63) is 106 Å². The van der Waals surface area contributed by atoms with Gasteiger partial charge in [-0.05, 0) is 53.6 Å². The number of rotatable bonds is 13. The van der Waals surface area contributed by atoms with E-state index in [1.54, 1.807) is 4.90 Å². The molecule has 5 heteroatoms. The van der Waals surface area contributed by atoms with Crippen LogP contribution in [0.3, 0.4) is 0 Å². The Labute approximate surface area is 220 Å². The number of amides is 2. The molecule has 0 aromatic heterocycles. The number of hydrogen-bond acceptors (Lipinski definition) is 2. The molecule has 0 saturated heterocycles. The highest BCUT2D eigenvalue weighted by Crippen LogP contribution is 2.19. The highest BCUT2D eigenvalue weighted by molar-refractivity contribution is 6.30. The van der Waals surface area contributed by atoms with E-state index in [-0.39, 0.29) is 11.8 Å². The number of halogens is 1. The normalized spacial score (nSPS) is 11.6. The molecule has 0 saturated carbocycles. The lowest BCUT2D eigenvalue weighted by molar-refractivity contribution is -0.141. The second kappa shape index (κ2) is 14.4. The fourth-order valence-corrected chi connectivity index (χ4v) is 4.44. The fourth-order valence-electron chi connectivity index (χ4n) is 4.23. The topological polar surface area (TPSA) is 49.4 Å². The van der Waals surface area contributed by atoms with Crippen LogP contribution in [0, 0.1) is 0 Å². The first-order chi connectivity index (χ1) is 17.5. The molecule has 0 aliphatic rings. The zero-order chi connectivity index (χ0) is 25.8. The van der Waals surface area contributed by atoms with Crippen molar-refractivity contribution in [2.75, 3.05) is 6.54 Å². The van der Waals surface area contributed by atoms with Crippen LogP contribution < -0.4 is 5.32 Å². The molecular formula is C31H37ClN2O2. The minimum atomic E-state index is -0.613. The Hall–Kier alpha value is -3.11. The van der Waals surface area contributed by atoms with E-state index >= 15 is 0 Å². The maximum absolute atomic E-state index is 13.7. The maximum Gasteiger partial charge on any atom is 0.243 e. The van der Waals surface area contributed by atoms with Crippen molar-refractivity contribution in [3.8, 4) is 0 Å². The van der Waals surface area contributed by atoms with Crippen molar-refractivity contribution in [1.82, 2.24) is 10.2 Å². The first kappa shape index (κ1) is 27.5. The van der Waals surface area contributed by atoms with Crippen molar-refractivity contribution in [3.63, 3.8) is 0 Å². The van der Waals surface area contributed by atoms with Crippen LogP contribution in [0.5, 0.6) is 0 Å². The Bertz CT molecular complexity index is 1100. The summed E-state index contributed by atoms with van der Waals surface area (Å²) in [6.07, 6.45) is 4.30. The van der Waals surface area contributed by atoms with Crippen LogP contribution in [0.25, 0.3) is 0 Å². The van der Waals surface area contributed by atoms with E-state index < -0.39 is 6.04 Å². The van der Waals surface area contributed by atoms with Gasteiger partial charge in [0.2, 0.25) is 11.8 Å². The van der Waals surface area contributed by atoms with Crippen molar-refractivity contribution < 1.29 is 9.59 Å². The number of nitrogens with zero attached hydrogens (tertiary/aromatic N) is 1. The monoisotopic (exact) mass is 504 g/mol. The van der Waals surface area contributed by atoms with Crippen molar-refractivity contribution >= 4 is 23.4 Å². The zero-order valence-corrected chi connectivity index (χ0v) is 22.1. The van der Waals surface area contributed by atoms with Gasteiger partial charge in [-0.1, -0.05) is 98.6 Å². The molecule has 0 unspecified atom stereocenters. The number of hydrogen-bond donors (Lipinski definition) is 1. The van der Waals surface area contributed by atoms with E-state index in [2.05, 4.69) is 43.4 Å². The molecule has 1 N–H and O–H groups in total. The number of carbonyl (C=O) groups is 2. The molecular weight excluding hydrogens is 468 g/mol. The van der Waals surface area contributed by atoms with Gasteiger partial charge in [-0.15, -0.1) is 0 Å². The lowest BCUT2D eigenvalue weighted by Crippen LogP contribution is -2.50. The number of benzene rings is 3. The standard InChI is InChI=1S/C31H37ClN2O2/c1-3-5-20-33-31(36)29(22-26-10-7-6-8-11-26)34(23-27-12-9-13-28(32)21-27)30(35)19-18-25-16-14-24(4-2)15-17-25/h6-17,21,29H,3-5,18-20,22-23H2,1-2H3,(H,33,36)/t29-/m0/s1. The quantitative estimate of drug-likeness (QED) is 0.274. The fraction of sp³-hybridized carbons (Fsp3) is 0.355. The van der Waals surface area contributed by atoms with Crippen LogP contribution in [0.2, 0.25) is 5.02 Å². The molecule has 3 aromatic rings. The lowest BCUT2D eigenvalue weighted by atomic mass is 10.0. The van der Waals surface area contributed by atoms with E-state index in [1.165, 1.54) is 5.56 Å². The number of aryl methyl sites for hydroxylation is 2. The molecule has 190 valence electrons. The summed E-state index contributed by atoms with van der Waals surface area (Å²) in [5, 5.41) is 3.68. The summed E-state index contributed by atoms with van der Waals surface area (Å²) in [7, 11) is 0. The van der Waals surface area contributed by atoms with Gasteiger partial charge in [-0.3, -0.25) is 9.59 Å². The van der Waals surface area contributed by atoms with Gasteiger partial charge in [0.15, 0.2) is 0 Å². The highest BCUT2D eigenvalue weighted by atomic mass is 35.5. The molecule has 0 bridgehead atoms. The van der Waals surface area contributed by atoms with Gasteiger partial charge >= 0.3 is 0 Å². The molecule has 1 atom stereocenters. The van der Waals surface area contributed by atoms with Gasteiger partial charge in [-0.25, -0.2) is 0 Å². The molecule has 3 rings (SSSR count). The molecule has 4 nitrogen and oxygen atoms in total. The minimum absolute atomic E-state index is 0.0406. The van der Waals surface area contributed by atoms with E-state index in [4.69, 9.17) is 11.6 Å². The second-order valence-corrected chi connectivity index (χ2v) is 9.61. The Morgan fingerprint density at radius 2 is 1.56 bits per heavy atom. The van der Waals surface area contributed by atoms with E-state index in [9.17, 15) is 9.59 Å². The summed E-state index contributed by atoms with van der Waals surface area (Å²) in [4.78, 5) is 28.9. The van der Waals surface area contributed by atoms with E-state index in [0.29, 0.717) is 37.4 Å². The van der Waals surface area contributed by atoms with Crippen LogP contribution in [0.15, 0.2) is 78.9 Å². The van der Waals surface area contributed by atoms with Crippen LogP contribution in [-0.2, 0) is 35.4 Å². The van der Waals surface area contributed by atoms with Gasteiger partial charge in [0.05, 0.1) is 0 Å². The average Bonchev–Trinajstić information content (AvgIpc) is 2.90. The largest absolute Gasteiger partial charge is 0.354 e. The smallest absolute Gasteiger partial charge is 0.243 e. The lowest BCUT2D eigenvalue weighted by Gasteiger charge is -2.32. The van der Waals surface area contributed by atoms with Crippen LogP contribution in [-0.4, -0.2) is 29.3 Å². The Kier molecular flexibility index (Phi) is 11.0. The molecule has 0 aliphatic heterocycles. The molecule has 0 heterocycles. The van der Waals surface area contributed by atoms with Gasteiger partial charge in [0.25, 0.3) is 0 Å². The third-order valence-corrected chi connectivity index (χ3v) is 6.64. The number of carbonyl (C=O) groups excluding carboxylic acids is 2. The minimum Gasteiger partial charge on any atom is -0.354 e. The summed E-state index contributed by atoms with van der Waals surface area (Å²) < 4.78 is 0. The predicted octanol–water partition coefficient (Wildman–Crippen LogP) is 6.39. The molecule has 0 radical (unpaired) electrons. The Balaban J connectivity index is 1.86. The van der Waals surface area contributed by atoms with E-state index in [0.717, 1.165) is 36.0 Å². The van der Waals surface area contributed by atoms with Gasteiger partial charge in [-0.2, -0.15) is 0 Å². The third kappa shape index (κ3) is 8.53. The first-order valence-electron chi connectivity index (χ1n) is 12.9. The summed E-state index contributed by atoms with van der Waals surface area (Å²) in [5.74, 6) is -0.156. The highest BCUT2D eigenvalue weighted by Gasteiger charge is 2.30. The van der Waals surface area contributed by atoms with Gasteiger partial charge in [0, 0.05) is 31.0 Å². The summed E-state index contributed by atoms with van der Waals surface area (Å²) in [6.45, 7) is 5.15. The van der Waals surface area contributed by atoms with Crippen molar-refractivity contribution in [2.45, 2.75) is 65.0 Å². The molecule has 3 aromatic carbocycles. The van der Waals surface area contributed by atoms with Crippen molar-refractivity contribution in [2.24, 2.45) is 0 Å². The summed E-state index contributed by atoms with van der Waals surface area (Å²) >= 11 is 6.25. The Morgan fingerprint density at radius 1 is 0.861 bits per heavy atom. The summed E-state index contributed by atoms with van der Waals surface area (Å²) in [5.41, 5.74) is 4.32. The number of unbranched alkanes of at least 4 members (excludes halogenated alkanes) is 1. The zero-order valence-electron chi connectivity index (χ0n) is 21.4. The predicted molar refractivity (Wildman–Crippen MR) is 148 cm³/mol. The molecule has 0 fully saturated rings. The van der Waals surface area contributed by atoms with E-state index in [1.807, 2.05) is 54.6 Å². The summed E-state index contributed by atoms with van der Waals surface area (Å²) in [6, 6.07) is 25.2. The SMILES string of the molecule is CCCCNC(=O)[C@H](Cc1ccccc1)N(Cc1cccc(Cl)c1)C(=O)CCc1ccc(CC)cc1. The first-order valence-corrected chi connectivity index (χ1v) is 13.3. The Morgan fingerprint density at radius 3 is 2.22 bits per heavy atom. The van der Waals surface area contributed by atoms with Crippen LogP contribution in [0.4, 0.5) is 0 Å². The third-order valence-electron chi connectivity index (χ3n) is 6.40. The van der Waals surface area contributed by atoms with Crippen LogP contribution in [0.1, 0.15) is 55.4 Å². The number of nitrogens with one attached hydrogen (secondary N) is 1. The van der Waals surface area contributed by atoms with Crippen LogP contribution >= 0.6 is 11.6 Å². The molecule has 0 spiro atoms. The van der Waals surface area contributed by atoms with Crippen molar-refractivity contribution in [1.29, 1.82) is 0 Å². The second-order valence-electron chi connectivity index (χ2n) is 9.17. The molecule has 2 amide bonds. The van der Waals surface area contributed by atoms with Gasteiger partial charge < -0.3 is 10.2 Å².